The molecule has 17 heavy (non-hydrogen) atoms. The molecule has 84 valence electrons. The van der Waals surface area contributed by atoms with Crippen LogP contribution in [-0.4, -0.2) is 0 Å². The topological polar surface area (TPSA) is 35.8 Å². The van der Waals surface area contributed by atoms with Gasteiger partial charge < -0.3 is 5.32 Å². The van der Waals surface area contributed by atoms with Gasteiger partial charge in [0.1, 0.15) is 0 Å². The first-order valence-electron chi connectivity index (χ1n) is 5.57. The maximum atomic E-state index is 8.70. The average molecular weight is 222 g/mol. The predicted octanol–water partition coefficient (Wildman–Crippen LogP) is 3.48. The van der Waals surface area contributed by atoms with Crippen molar-refractivity contribution >= 4 is 5.69 Å². The Balaban J connectivity index is 1.98. The fourth-order valence-corrected chi connectivity index (χ4v) is 1.57. The molecule has 2 nitrogen and oxygen atoms in total. The van der Waals surface area contributed by atoms with Crippen LogP contribution in [0.5, 0.6) is 0 Å². The number of anilines is 1. The molecule has 0 unspecified atom stereocenters. The third kappa shape index (κ3) is 3.09. The highest BCUT2D eigenvalue weighted by molar-refractivity contribution is 5.45. The smallest absolute Gasteiger partial charge is 0.0991 e. The van der Waals surface area contributed by atoms with Crippen LogP contribution in [0.25, 0.3) is 0 Å². The monoisotopic (exact) mass is 222 g/mol. The number of nitrogens with zero attached hydrogens (tertiary/aromatic N) is 1. The van der Waals surface area contributed by atoms with Gasteiger partial charge in [0.15, 0.2) is 0 Å². The van der Waals surface area contributed by atoms with Crippen molar-refractivity contribution in [3.8, 4) is 6.07 Å². The van der Waals surface area contributed by atoms with Crippen LogP contribution >= 0.6 is 0 Å². The van der Waals surface area contributed by atoms with Gasteiger partial charge in [0.2, 0.25) is 0 Å². The zero-order valence-corrected chi connectivity index (χ0v) is 9.77. The van der Waals surface area contributed by atoms with Crippen molar-refractivity contribution in [2.75, 3.05) is 5.32 Å². The largest absolute Gasteiger partial charge is 0.381 e. The lowest BCUT2D eigenvalue weighted by atomic mass is 10.1. The lowest BCUT2D eigenvalue weighted by Gasteiger charge is -2.06. The standard InChI is InChI=1S/C15H14N2/c1-12-2-8-15(9-3-12)17-11-14-6-4-13(10-16)5-7-14/h2-9,17H,11H2,1H3. The summed E-state index contributed by atoms with van der Waals surface area (Å²) in [6.45, 7) is 2.85. The van der Waals surface area contributed by atoms with E-state index in [1.165, 1.54) is 11.1 Å². The molecular weight excluding hydrogens is 208 g/mol. The Morgan fingerprint density at radius 1 is 1.00 bits per heavy atom. The van der Waals surface area contributed by atoms with E-state index in [1.807, 2.05) is 24.3 Å². The molecule has 0 amide bonds. The van der Waals surface area contributed by atoms with E-state index in [-0.39, 0.29) is 0 Å². The highest BCUT2D eigenvalue weighted by atomic mass is 14.9. The molecule has 0 fully saturated rings. The minimum Gasteiger partial charge on any atom is -0.381 e. The molecule has 0 atom stereocenters. The van der Waals surface area contributed by atoms with E-state index in [2.05, 4.69) is 42.6 Å². The predicted molar refractivity (Wildman–Crippen MR) is 69.7 cm³/mol. The Labute approximate surface area is 102 Å². The Bertz CT molecular complexity index is 518. The number of hydrogen-bond acceptors (Lipinski definition) is 2. The number of nitrogens with one attached hydrogen (secondary N) is 1. The second-order valence-electron chi connectivity index (χ2n) is 4.03. The Hall–Kier alpha value is -2.27. The van der Waals surface area contributed by atoms with Crippen LogP contribution in [0, 0.1) is 18.3 Å². The quantitative estimate of drug-likeness (QED) is 0.863. The van der Waals surface area contributed by atoms with E-state index >= 15 is 0 Å². The zero-order valence-electron chi connectivity index (χ0n) is 9.77. The number of aryl methyl sites for hydroxylation is 1. The van der Waals surface area contributed by atoms with Gasteiger partial charge in [0.05, 0.1) is 11.6 Å². The molecule has 2 heteroatoms. The molecule has 0 aliphatic rings. The van der Waals surface area contributed by atoms with Gasteiger partial charge in [-0.05, 0) is 36.8 Å². The molecule has 0 aliphatic heterocycles. The van der Waals surface area contributed by atoms with Gasteiger partial charge >= 0.3 is 0 Å². The molecule has 1 N–H and O–H groups in total. The van der Waals surface area contributed by atoms with E-state index in [4.69, 9.17) is 5.26 Å². The minimum atomic E-state index is 0.698. The molecule has 0 saturated carbocycles. The van der Waals surface area contributed by atoms with Crippen LogP contribution in [-0.2, 0) is 6.54 Å². The summed E-state index contributed by atoms with van der Waals surface area (Å²) in [6, 6.07) is 18.0. The third-order valence-corrected chi connectivity index (χ3v) is 2.63. The van der Waals surface area contributed by atoms with Crippen LogP contribution in [0.15, 0.2) is 48.5 Å². The van der Waals surface area contributed by atoms with Crippen molar-refractivity contribution in [1.29, 1.82) is 5.26 Å². The Kier molecular flexibility index (Phi) is 3.42. The maximum absolute atomic E-state index is 8.70. The number of rotatable bonds is 3. The van der Waals surface area contributed by atoms with Gasteiger partial charge in [0, 0.05) is 12.2 Å². The van der Waals surface area contributed by atoms with E-state index in [9.17, 15) is 0 Å². The summed E-state index contributed by atoms with van der Waals surface area (Å²) in [6.07, 6.45) is 0. The zero-order chi connectivity index (χ0) is 12.1. The van der Waals surface area contributed by atoms with Gasteiger partial charge in [-0.2, -0.15) is 5.26 Å². The first kappa shape index (κ1) is 11.2. The van der Waals surface area contributed by atoms with Crippen molar-refractivity contribution in [2.24, 2.45) is 0 Å². The van der Waals surface area contributed by atoms with Crippen molar-refractivity contribution in [2.45, 2.75) is 13.5 Å². The molecule has 0 spiro atoms. The second-order valence-corrected chi connectivity index (χ2v) is 4.03. The first-order chi connectivity index (χ1) is 8.28. The van der Waals surface area contributed by atoms with Crippen LogP contribution in [0.4, 0.5) is 5.69 Å². The minimum absolute atomic E-state index is 0.698. The third-order valence-electron chi connectivity index (χ3n) is 2.63. The van der Waals surface area contributed by atoms with Crippen molar-refractivity contribution in [1.82, 2.24) is 0 Å². The van der Waals surface area contributed by atoms with Gasteiger partial charge in [-0.15, -0.1) is 0 Å². The van der Waals surface area contributed by atoms with Crippen LogP contribution < -0.4 is 5.32 Å². The Morgan fingerprint density at radius 2 is 1.65 bits per heavy atom. The first-order valence-corrected chi connectivity index (χ1v) is 5.57. The summed E-state index contributed by atoms with van der Waals surface area (Å²) in [5.74, 6) is 0. The molecule has 0 saturated heterocycles. The summed E-state index contributed by atoms with van der Waals surface area (Å²) < 4.78 is 0. The molecule has 0 bridgehead atoms. The number of benzene rings is 2. The summed E-state index contributed by atoms with van der Waals surface area (Å²) in [5.41, 5.74) is 4.24. The highest BCUT2D eigenvalue weighted by Crippen LogP contribution is 2.11. The SMILES string of the molecule is Cc1ccc(NCc2ccc(C#N)cc2)cc1. The molecule has 0 heterocycles. The average Bonchev–Trinajstić information content (AvgIpc) is 2.39. The molecule has 0 aromatic heterocycles. The fourth-order valence-electron chi connectivity index (χ4n) is 1.57. The van der Waals surface area contributed by atoms with Crippen molar-refractivity contribution in [3.05, 3.63) is 65.2 Å². The van der Waals surface area contributed by atoms with E-state index in [0.717, 1.165) is 12.2 Å². The van der Waals surface area contributed by atoms with Crippen LogP contribution in [0.1, 0.15) is 16.7 Å². The van der Waals surface area contributed by atoms with E-state index in [1.54, 1.807) is 0 Å². The Morgan fingerprint density at radius 3 is 2.24 bits per heavy atom. The van der Waals surface area contributed by atoms with Gasteiger partial charge in [-0.25, -0.2) is 0 Å². The normalized spacial score (nSPS) is 9.65. The number of hydrogen-bond donors (Lipinski definition) is 1. The van der Waals surface area contributed by atoms with E-state index in [0.29, 0.717) is 5.56 Å². The second kappa shape index (κ2) is 5.18. The van der Waals surface area contributed by atoms with Crippen molar-refractivity contribution in [3.63, 3.8) is 0 Å². The molecule has 2 aromatic carbocycles. The summed E-state index contributed by atoms with van der Waals surface area (Å²) in [5, 5.41) is 12.0. The lowest BCUT2D eigenvalue weighted by molar-refractivity contribution is 1.15. The summed E-state index contributed by atoms with van der Waals surface area (Å²) >= 11 is 0. The summed E-state index contributed by atoms with van der Waals surface area (Å²) in [7, 11) is 0. The molecule has 2 rings (SSSR count). The van der Waals surface area contributed by atoms with Crippen molar-refractivity contribution < 1.29 is 0 Å². The van der Waals surface area contributed by atoms with Crippen LogP contribution in [0.3, 0.4) is 0 Å². The van der Waals surface area contributed by atoms with Gasteiger partial charge in [-0.3, -0.25) is 0 Å². The molecular formula is C15H14N2. The molecule has 0 radical (unpaired) electrons. The van der Waals surface area contributed by atoms with E-state index < -0.39 is 0 Å². The highest BCUT2D eigenvalue weighted by Gasteiger charge is 1.95. The molecule has 2 aromatic rings. The van der Waals surface area contributed by atoms with Gasteiger partial charge in [0.25, 0.3) is 0 Å². The molecule has 0 aliphatic carbocycles. The van der Waals surface area contributed by atoms with Gasteiger partial charge in [-0.1, -0.05) is 29.8 Å². The number of nitriles is 1. The maximum Gasteiger partial charge on any atom is 0.0991 e. The lowest BCUT2D eigenvalue weighted by Crippen LogP contribution is -1.99. The van der Waals surface area contributed by atoms with Crippen LogP contribution in [0.2, 0.25) is 0 Å². The fraction of sp³-hybridized carbons (Fsp3) is 0.133. The summed E-state index contributed by atoms with van der Waals surface area (Å²) in [4.78, 5) is 0.